The van der Waals surface area contributed by atoms with E-state index in [0.717, 1.165) is 0 Å². The Balaban J connectivity index is 2.78. The number of rotatable bonds is 1. The fourth-order valence-electron chi connectivity index (χ4n) is 0.986. The Morgan fingerprint density at radius 1 is 1.67 bits per heavy atom. The molecule has 0 radical (unpaired) electrons. The molecular weight excluding hydrogens is 147 g/mol. The van der Waals surface area contributed by atoms with Gasteiger partial charge in [-0.3, -0.25) is 0 Å². The predicted octanol–water partition coefficient (Wildman–Crippen LogP) is 2.62. The fraction of sp³-hybridized carbons (Fsp3) is 0.500. The van der Waals surface area contributed by atoms with Crippen LogP contribution in [0.4, 0.5) is 0 Å². The van der Waals surface area contributed by atoms with Gasteiger partial charge in [0.2, 0.25) is 0 Å². The summed E-state index contributed by atoms with van der Waals surface area (Å²) in [4.78, 5) is 0. The first kappa shape index (κ1) is 7.17. The molecule has 0 aromatic carbocycles. The van der Waals surface area contributed by atoms with Gasteiger partial charge in [0.15, 0.2) is 0 Å². The van der Waals surface area contributed by atoms with Gasteiger partial charge in [0.1, 0.15) is 0 Å². The fourth-order valence-corrected chi connectivity index (χ4v) is 1.42. The molecule has 0 aromatic heterocycles. The van der Waals surface area contributed by atoms with E-state index in [9.17, 15) is 0 Å². The molecule has 0 fully saturated rings. The van der Waals surface area contributed by atoms with Crippen molar-refractivity contribution in [2.45, 2.75) is 24.4 Å². The molecule has 1 heteroatoms. The molecule has 0 spiro atoms. The zero-order valence-corrected chi connectivity index (χ0v) is 7.28. The third kappa shape index (κ3) is 1.50. The van der Waals surface area contributed by atoms with Crippen LogP contribution in [-0.2, 0) is 17.4 Å². The number of hydrogen-bond donors (Lipinski definition) is 0. The molecule has 0 N–H and O–H groups in total. The zero-order chi connectivity index (χ0) is 6.91. The number of allylic oxidation sites excluding steroid dienone is 4. The Labute approximate surface area is 66.0 Å². The molecule has 0 aliphatic heterocycles. The topological polar surface area (TPSA) is 0 Å². The summed E-state index contributed by atoms with van der Waals surface area (Å²) < 4.78 is 0.303. The maximum absolute atomic E-state index is 2.72. The van der Waals surface area contributed by atoms with Gasteiger partial charge in [0.25, 0.3) is 0 Å². The molecule has 9 heavy (non-hydrogen) atoms. The van der Waals surface area contributed by atoms with Crippen molar-refractivity contribution in [3.05, 3.63) is 23.8 Å². The quantitative estimate of drug-likeness (QED) is 0.550. The molecule has 0 amide bonds. The van der Waals surface area contributed by atoms with Crippen molar-refractivity contribution >= 4 is 0 Å². The van der Waals surface area contributed by atoms with Gasteiger partial charge in [-0.25, -0.2) is 0 Å². The zero-order valence-electron chi connectivity index (χ0n) is 5.89. The molecule has 0 heterocycles. The summed E-state index contributed by atoms with van der Waals surface area (Å²) in [6.07, 6.45) is 7.91. The van der Waals surface area contributed by atoms with Crippen LogP contribution in [0.3, 0.4) is 0 Å². The average molecular weight is 158 g/mol. The van der Waals surface area contributed by atoms with Gasteiger partial charge >= 0.3 is 65.6 Å². The third-order valence-corrected chi connectivity index (χ3v) is 2.61. The predicted molar refractivity (Wildman–Crippen MR) is 35.9 cm³/mol. The van der Waals surface area contributed by atoms with Crippen LogP contribution < -0.4 is 0 Å². The van der Waals surface area contributed by atoms with E-state index < -0.39 is 0 Å². The molecule has 0 bridgehead atoms. The third-order valence-electron chi connectivity index (χ3n) is 1.68. The monoisotopic (exact) mass is 158 g/mol. The second kappa shape index (κ2) is 2.36. The second-order valence-electron chi connectivity index (χ2n) is 2.57. The van der Waals surface area contributed by atoms with Crippen LogP contribution in [0.1, 0.15) is 20.3 Å². The summed E-state index contributed by atoms with van der Waals surface area (Å²) in [6, 6.07) is 0. The summed E-state index contributed by atoms with van der Waals surface area (Å²) in [7, 11) is 0. The summed E-state index contributed by atoms with van der Waals surface area (Å²) in [6.45, 7) is 4.35. The minimum atomic E-state index is 0.303. The van der Waals surface area contributed by atoms with Crippen LogP contribution in [0.5, 0.6) is 0 Å². The van der Waals surface area contributed by atoms with E-state index in [-0.39, 0.29) is 0 Å². The van der Waals surface area contributed by atoms with Gasteiger partial charge < -0.3 is 0 Å². The minimum absolute atomic E-state index is 0.303. The summed E-state index contributed by atoms with van der Waals surface area (Å²) in [5.41, 5.74) is 1.39. The standard InChI is InChI=1S/C8H11.V/c1-3-8-5-4-7(2)6-8;/h4-6H,3H2,1-2H3;. The molecule has 0 nitrogen and oxygen atoms in total. The summed E-state index contributed by atoms with van der Waals surface area (Å²) >= 11 is 2.72. The van der Waals surface area contributed by atoms with E-state index in [1.165, 1.54) is 12.0 Å². The van der Waals surface area contributed by atoms with E-state index >= 15 is 0 Å². The summed E-state index contributed by atoms with van der Waals surface area (Å²) in [5.74, 6) is 0. The number of hydrogen-bond acceptors (Lipinski definition) is 0. The Morgan fingerprint density at radius 2 is 2.33 bits per heavy atom. The van der Waals surface area contributed by atoms with Crippen LogP contribution in [0.25, 0.3) is 0 Å². The van der Waals surface area contributed by atoms with Crippen molar-refractivity contribution in [3.63, 3.8) is 0 Å². The molecule has 1 rings (SSSR count). The van der Waals surface area contributed by atoms with Crippen LogP contribution in [-0.4, -0.2) is 0 Å². The van der Waals surface area contributed by atoms with Gasteiger partial charge in [0.05, 0.1) is 0 Å². The van der Waals surface area contributed by atoms with Gasteiger partial charge in [-0.2, -0.15) is 0 Å². The molecule has 1 unspecified atom stereocenters. The Hall–Kier alpha value is 0.0644. The average Bonchev–Trinajstić information content (AvgIpc) is 2.13. The van der Waals surface area contributed by atoms with E-state index in [1.807, 2.05) is 0 Å². The van der Waals surface area contributed by atoms with Crippen molar-refractivity contribution in [1.29, 1.82) is 0 Å². The van der Waals surface area contributed by atoms with E-state index in [4.69, 9.17) is 0 Å². The molecule has 0 aromatic rings. The normalized spacial score (nSPS) is 32.9. The second-order valence-corrected chi connectivity index (χ2v) is 3.87. The summed E-state index contributed by atoms with van der Waals surface area (Å²) in [5, 5.41) is 0. The first-order valence-electron chi connectivity index (χ1n) is 3.27. The van der Waals surface area contributed by atoms with E-state index in [0.29, 0.717) is 4.13 Å². The molecule has 1 aliphatic carbocycles. The molecule has 0 saturated heterocycles. The van der Waals surface area contributed by atoms with Gasteiger partial charge in [-0.05, 0) is 0 Å². The molecule has 0 saturated carbocycles. The van der Waals surface area contributed by atoms with Gasteiger partial charge in [0, 0.05) is 0 Å². The van der Waals surface area contributed by atoms with Crippen molar-refractivity contribution in [2.24, 2.45) is 0 Å². The Bertz CT molecular complexity index is 167. The maximum atomic E-state index is 2.72. The van der Waals surface area contributed by atoms with Gasteiger partial charge in [-0.1, -0.05) is 0 Å². The van der Waals surface area contributed by atoms with Crippen molar-refractivity contribution in [2.75, 3.05) is 0 Å². The Kier molecular flexibility index (Phi) is 1.88. The van der Waals surface area contributed by atoms with Crippen molar-refractivity contribution < 1.29 is 17.4 Å². The van der Waals surface area contributed by atoms with Crippen LogP contribution in [0.2, 0.25) is 4.13 Å². The molecule has 48 valence electrons. The van der Waals surface area contributed by atoms with E-state index in [1.54, 1.807) is 0 Å². The molecule has 1 aliphatic rings. The molecular formula is C8H11V. The first-order valence-corrected chi connectivity index (χ1v) is 3.97. The van der Waals surface area contributed by atoms with Crippen LogP contribution in [0, 0.1) is 0 Å². The Morgan fingerprint density at radius 3 is 2.56 bits per heavy atom. The first-order chi connectivity index (χ1) is 4.16. The van der Waals surface area contributed by atoms with Crippen molar-refractivity contribution in [1.82, 2.24) is 0 Å². The van der Waals surface area contributed by atoms with Gasteiger partial charge in [-0.15, -0.1) is 0 Å². The van der Waals surface area contributed by atoms with Crippen LogP contribution >= 0.6 is 0 Å². The SMILES string of the molecule is CC[C]1([V])C=CC(C)=C1. The van der Waals surface area contributed by atoms with Crippen molar-refractivity contribution in [3.8, 4) is 0 Å². The van der Waals surface area contributed by atoms with E-state index in [2.05, 4.69) is 49.5 Å². The molecule has 1 atom stereocenters. The van der Waals surface area contributed by atoms with Crippen LogP contribution in [0.15, 0.2) is 23.8 Å².